The molecule has 1 aromatic heterocycles. The lowest BCUT2D eigenvalue weighted by atomic mass is 9.86. The number of aryl methyl sites for hydroxylation is 1. The van der Waals surface area contributed by atoms with Gasteiger partial charge in [0.25, 0.3) is 0 Å². The summed E-state index contributed by atoms with van der Waals surface area (Å²) in [4.78, 5) is 20.8. The number of carbonyl (C=O) groups is 1. The molecule has 0 aliphatic rings. The molecule has 0 fully saturated rings. The second-order valence-corrected chi connectivity index (χ2v) is 6.32. The molecule has 1 atom stereocenters. The normalized spacial score (nSPS) is 11.7. The summed E-state index contributed by atoms with van der Waals surface area (Å²) in [6.45, 7) is 2.66. The summed E-state index contributed by atoms with van der Waals surface area (Å²) >= 11 is 0. The average Bonchev–Trinajstić information content (AvgIpc) is 2.68. The minimum absolute atomic E-state index is 0.0472. The number of hydrogen-bond acceptors (Lipinski definition) is 3. The van der Waals surface area contributed by atoms with Crippen LogP contribution in [-0.4, -0.2) is 22.4 Å². The third kappa shape index (κ3) is 4.76. The standard InChI is InChI=1S/C22H23N3O/c1-17-7-5-6-10-20(17)21(18-8-3-2-4-9-18)15-22(26)25-12-11-19-16-23-13-14-24-19/h2-10,13-14,16,21H,11-12,15H2,1H3,(H,25,26). The number of nitrogens with one attached hydrogen (secondary N) is 1. The van der Waals surface area contributed by atoms with E-state index in [4.69, 9.17) is 0 Å². The van der Waals surface area contributed by atoms with Crippen LogP contribution in [0.1, 0.15) is 34.7 Å². The van der Waals surface area contributed by atoms with Gasteiger partial charge in [0.2, 0.25) is 5.91 Å². The van der Waals surface area contributed by atoms with Crippen molar-refractivity contribution in [2.75, 3.05) is 6.54 Å². The number of benzene rings is 2. The zero-order chi connectivity index (χ0) is 18.2. The fourth-order valence-electron chi connectivity index (χ4n) is 3.12. The van der Waals surface area contributed by atoms with E-state index in [2.05, 4.69) is 46.5 Å². The second-order valence-electron chi connectivity index (χ2n) is 6.32. The first-order chi connectivity index (χ1) is 12.7. The Balaban J connectivity index is 1.68. The van der Waals surface area contributed by atoms with Crippen LogP contribution in [0.5, 0.6) is 0 Å². The van der Waals surface area contributed by atoms with Gasteiger partial charge in [-0.05, 0) is 23.6 Å². The van der Waals surface area contributed by atoms with Gasteiger partial charge >= 0.3 is 0 Å². The molecule has 0 aliphatic heterocycles. The van der Waals surface area contributed by atoms with Crippen molar-refractivity contribution in [1.29, 1.82) is 0 Å². The van der Waals surface area contributed by atoms with Crippen LogP contribution in [0, 0.1) is 6.92 Å². The van der Waals surface area contributed by atoms with E-state index in [0.717, 1.165) is 11.3 Å². The number of carbonyl (C=O) groups excluding carboxylic acids is 1. The Hall–Kier alpha value is -3.01. The summed E-state index contributed by atoms with van der Waals surface area (Å²) in [6, 6.07) is 18.5. The third-order valence-electron chi connectivity index (χ3n) is 4.48. The Morgan fingerprint density at radius 3 is 2.54 bits per heavy atom. The molecule has 1 heterocycles. The van der Waals surface area contributed by atoms with Gasteiger partial charge in [-0.2, -0.15) is 0 Å². The average molecular weight is 345 g/mol. The molecule has 4 nitrogen and oxygen atoms in total. The predicted octanol–water partition coefficient (Wildman–Crippen LogP) is 3.67. The van der Waals surface area contributed by atoms with Gasteiger partial charge in [0.15, 0.2) is 0 Å². The van der Waals surface area contributed by atoms with Crippen molar-refractivity contribution in [2.45, 2.75) is 25.7 Å². The van der Waals surface area contributed by atoms with Crippen LogP contribution in [0.25, 0.3) is 0 Å². The Labute approximate surface area is 154 Å². The minimum Gasteiger partial charge on any atom is -0.356 e. The lowest BCUT2D eigenvalue weighted by molar-refractivity contribution is -0.121. The van der Waals surface area contributed by atoms with Crippen LogP contribution in [0.2, 0.25) is 0 Å². The van der Waals surface area contributed by atoms with Gasteiger partial charge in [0.05, 0.1) is 5.69 Å². The molecule has 26 heavy (non-hydrogen) atoms. The van der Waals surface area contributed by atoms with Crippen molar-refractivity contribution in [3.8, 4) is 0 Å². The van der Waals surface area contributed by atoms with E-state index in [0.29, 0.717) is 19.4 Å². The zero-order valence-electron chi connectivity index (χ0n) is 14.9. The first kappa shape index (κ1) is 17.8. The molecule has 3 aromatic rings. The molecular weight excluding hydrogens is 322 g/mol. The molecule has 0 saturated carbocycles. The van der Waals surface area contributed by atoms with E-state index in [9.17, 15) is 4.79 Å². The fraction of sp³-hybridized carbons (Fsp3) is 0.227. The Bertz CT molecular complexity index is 834. The maximum absolute atomic E-state index is 12.6. The van der Waals surface area contributed by atoms with Crippen molar-refractivity contribution in [2.24, 2.45) is 0 Å². The lowest BCUT2D eigenvalue weighted by Crippen LogP contribution is -2.27. The molecule has 1 N–H and O–H groups in total. The van der Waals surface area contributed by atoms with Gasteiger partial charge in [0, 0.05) is 43.9 Å². The molecule has 132 valence electrons. The molecule has 1 unspecified atom stereocenters. The van der Waals surface area contributed by atoms with Crippen molar-refractivity contribution < 1.29 is 4.79 Å². The monoisotopic (exact) mass is 345 g/mol. The zero-order valence-corrected chi connectivity index (χ0v) is 14.9. The Morgan fingerprint density at radius 2 is 1.81 bits per heavy atom. The highest BCUT2D eigenvalue weighted by Gasteiger charge is 2.19. The number of nitrogens with zero attached hydrogens (tertiary/aromatic N) is 2. The van der Waals surface area contributed by atoms with E-state index in [1.54, 1.807) is 18.6 Å². The largest absolute Gasteiger partial charge is 0.356 e. The molecule has 3 rings (SSSR count). The van der Waals surface area contributed by atoms with Gasteiger partial charge in [-0.1, -0.05) is 54.6 Å². The molecule has 0 aliphatic carbocycles. The number of rotatable bonds is 7. The molecule has 0 radical (unpaired) electrons. The SMILES string of the molecule is Cc1ccccc1C(CC(=O)NCCc1cnccn1)c1ccccc1. The van der Waals surface area contributed by atoms with Crippen molar-refractivity contribution >= 4 is 5.91 Å². The molecule has 0 saturated heterocycles. The smallest absolute Gasteiger partial charge is 0.220 e. The van der Waals surface area contributed by atoms with Crippen LogP contribution >= 0.6 is 0 Å². The maximum atomic E-state index is 12.6. The molecule has 0 bridgehead atoms. The Morgan fingerprint density at radius 1 is 1.04 bits per heavy atom. The maximum Gasteiger partial charge on any atom is 0.220 e. The van der Waals surface area contributed by atoms with E-state index < -0.39 is 0 Å². The predicted molar refractivity (Wildman–Crippen MR) is 103 cm³/mol. The molecular formula is C22H23N3O. The minimum atomic E-state index is 0.0472. The van der Waals surface area contributed by atoms with Gasteiger partial charge in [-0.3, -0.25) is 14.8 Å². The van der Waals surface area contributed by atoms with Gasteiger partial charge in [-0.15, -0.1) is 0 Å². The quantitative estimate of drug-likeness (QED) is 0.711. The highest BCUT2D eigenvalue weighted by Crippen LogP contribution is 2.30. The molecule has 4 heteroatoms. The van der Waals surface area contributed by atoms with E-state index in [1.165, 1.54) is 11.1 Å². The van der Waals surface area contributed by atoms with Crippen LogP contribution in [0.3, 0.4) is 0 Å². The van der Waals surface area contributed by atoms with Crippen molar-refractivity contribution in [3.05, 3.63) is 95.6 Å². The lowest BCUT2D eigenvalue weighted by Gasteiger charge is -2.20. The topological polar surface area (TPSA) is 54.9 Å². The van der Waals surface area contributed by atoms with Crippen LogP contribution in [-0.2, 0) is 11.2 Å². The highest BCUT2D eigenvalue weighted by molar-refractivity contribution is 5.77. The summed E-state index contributed by atoms with van der Waals surface area (Å²) in [5.41, 5.74) is 4.44. The molecule has 0 spiro atoms. The third-order valence-corrected chi connectivity index (χ3v) is 4.48. The number of amides is 1. The summed E-state index contributed by atoms with van der Waals surface area (Å²) in [5, 5.41) is 3.01. The first-order valence-electron chi connectivity index (χ1n) is 8.86. The van der Waals surface area contributed by atoms with Crippen LogP contribution in [0.15, 0.2) is 73.2 Å². The van der Waals surface area contributed by atoms with Crippen LogP contribution in [0.4, 0.5) is 0 Å². The fourth-order valence-corrected chi connectivity index (χ4v) is 3.12. The number of hydrogen-bond donors (Lipinski definition) is 1. The van der Waals surface area contributed by atoms with Gasteiger partial charge in [0.1, 0.15) is 0 Å². The summed E-state index contributed by atoms with van der Waals surface area (Å²) in [5.74, 6) is 0.0971. The summed E-state index contributed by atoms with van der Waals surface area (Å²) in [6.07, 6.45) is 6.15. The van der Waals surface area contributed by atoms with Gasteiger partial charge in [-0.25, -0.2) is 0 Å². The summed E-state index contributed by atoms with van der Waals surface area (Å²) < 4.78 is 0. The molecule has 1 amide bonds. The molecule has 2 aromatic carbocycles. The van der Waals surface area contributed by atoms with E-state index >= 15 is 0 Å². The van der Waals surface area contributed by atoms with Crippen LogP contribution < -0.4 is 5.32 Å². The van der Waals surface area contributed by atoms with Crippen molar-refractivity contribution in [1.82, 2.24) is 15.3 Å². The Kier molecular flexibility index (Phi) is 6.09. The van der Waals surface area contributed by atoms with Gasteiger partial charge < -0.3 is 5.32 Å². The highest BCUT2D eigenvalue weighted by atomic mass is 16.1. The van der Waals surface area contributed by atoms with E-state index in [-0.39, 0.29) is 11.8 Å². The van der Waals surface area contributed by atoms with Crippen molar-refractivity contribution in [3.63, 3.8) is 0 Å². The summed E-state index contributed by atoms with van der Waals surface area (Å²) in [7, 11) is 0. The number of aromatic nitrogens is 2. The second kappa shape index (κ2) is 8.90. The van der Waals surface area contributed by atoms with E-state index in [1.807, 2.05) is 30.3 Å². The first-order valence-corrected chi connectivity index (χ1v) is 8.86.